The third-order valence-corrected chi connectivity index (χ3v) is 2.43. The first-order valence-corrected chi connectivity index (χ1v) is 4.87. The van der Waals surface area contributed by atoms with Gasteiger partial charge in [0.15, 0.2) is 5.78 Å². The van der Waals surface area contributed by atoms with E-state index >= 15 is 0 Å². The van der Waals surface area contributed by atoms with E-state index in [9.17, 15) is 18.0 Å². The molecule has 1 aromatic rings. The summed E-state index contributed by atoms with van der Waals surface area (Å²) in [5.74, 6) is -1.99. The summed E-state index contributed by atoms with van der Waals surface area (Å²) >= 11 is 10.6. The minimum atomic E-state index is -4.74. The highest BCUT2D eigenvalue weighted by Crippen LogP contribution is 2.38. The fourth-order valence-corrected chi connectivity index (χ4v) is 1.56. The highest BCUT2D eigenvalue weighted by Gasteiger charge is 2.35. The molecule has 0 heterocycles. The Morgan fingerprint density at radius 2 is 1.94 bits per heavy atom. The van der Waals surface area contributed by atoms with E-state index in [1.54, 1.807) is 0 Å². The summed E-state index contributed by atoms with van der Waals surface area (Å²) < 4.78 is 37.3. The van der Waals surface area contributed by atoms with Crippen LogP contribution in [0.15, 0.2) is 12.1 Å². The molecule has 0 saturated heterocycles. The number of phenolic OH excluding ortho intramolecular Hbond substituents is 1. The van der Waals surface area contributed by atoms with Crippen molar-refractivity contribution in [1.82, 2.24) is 0 Å². The minimum absolute atomic E-state index is 0.441. The molecule has 0 radical (unpaired) electrons. The van der Waals surface area contributed by atoms with E-state index < -0.39 is 39.7 Å². The monoisotopic (exact) mass is 272 g/mol. The molecule has 1 N–H and O–H groups in total. The molecule has 0 bridgehead atoms. The lowest BCUT2D eigenvalue weighted by molar-refractivity contribution is -0.137. The largest absolute Gasteiger partial charge is 0.508 e. The van der Waals surface area contributed by atoms with Crippen LogP contribution < -0.4 is 0 Å². The Hall–Kier alpha value is -0.940. The second-order valence-corrected chi connectivity index (χ2v) is 3.55. The topological polar surface area (TPSA) is 37.3 Å². The molecule has 88 valence electrons. The summed E-state index contributed by atoms with van der Waals surface area (Å²) in [5.41, 5.74) is -1.70. The summed E-state index contributed by atoms with van der Waals surface area (Å²) in [6.07, 6.45) is -4.74. The number of rotatable bonds is 2. The third kappa shape index (κ3) is 2.59. The molecule has 0 aliphatic carbocycles. The second kappa shape index (κ2) is 4.51. The fraction of sp³-hybridized carbons (Fsp3) is 0.222. The van der Waals surface area contributed by atoms with Crippen LogP contribution in [-0.2, 0) is 6.18 Å². The van der Waals surface area contributed by atoms with Crippen molar-refractivity contribution < 1.29 is 23.1 Å². The lowest BCUT2D eigenvalue weighted by Gasteiger charge is -2.12. The first kappa shape index (κ1) is 13.1. The zero-order chi connectivity index (χ0) is 12.5. The molecule has 0 fully saturated rings. The number of phenols is 1. The number of carbonyl (C=O) groups is 1. The molecule has 0 aliphatic heterocycles. The van der Waals surface area contributed by atoms with Gasteiger partial charge in [0.2, 0.25) is 0 Å². The maximum absolute atomic E-state index is 12.4. The fourth-order valence-electron chi connectivity index (χ4n) is 1.09. The predicted octanol–water partition coefficient (Wildman–Crippen LogP) is 3.49. The average molecular weight is 273 g/mol. The Morgan fingerprint density at radius 3 is 2.38 bits per heavy atom. The van der Waals surface area contributed by atoms with Crippen molar-refractivity contribution in [2.45, 2.75) is 6.18 Å². The van der Waals surface area contributed by atoms with Crippen LogP contribution in [0, 0.1) is 0 Å². The van der Waals surface area contributed by atoms with E-state index in [4.69, 9.17) is 28.3 Å². The first-order valence-electron chi connectivity index (χ1n) is 3.96. The molecule has 0 aliphatic rings. The Balaban J connectivity index is 3.44. The van der Waals surface area contributed by atoms with Gasteiger partial charge in [0.05, 0.1) is 16.5 Å². The first-order chi connectivity index (χ1) is 7.27. The number of aromatic hydroxyl groups is 1. The van der Waals surface area contributed by atoms with Crippen LogP contribution in [0.5, 0.6) is 5.75 Å². The number of hydrogen-bond acceptors (Lipinski definition) is 2. The van der Waals surface area contributed by atoms with Gasteiger partial charge in [-0.3, -0.25) is 4.79 Å². The average Bonchev–Trinajstić information content (AvgIpc) is 2.18. The highest BCUT2D eigenvalue weighted by atomic mass is 35.5. The quantitative estimate of drug-likeness (QED) is 0.661. The molecule has 0 unspecified atom stereocenters. The van der Waals surface area contributed by atoms with E-state index in [1.165, 1.54) is 0 Å². The summed E-state index contributed by atoms with van der Waals surface area (Å²) in [6, 6.07) is 1.30. The van der Waals surface area contributed by atoms with Gasteiger partial charge in [-0.1, -0.05) is 11.6 Å². The van der Waals surface area contributed by atoms with Crippen LogP contribution in [0.25, 0.3) is 0 Å². The summed E-state index contributed by atoms with van der Waals surface area (Å²) in [7, 11) is 0. The maximum atomic E-state index is 12.4. The number of carbonyl (C=O) groups excluding carboxylic acids is 1. The molecule has 7 heteroatoms. The zero-order valence-electron chi connectivity index (χ0n) is 7.61. The van der Waals surface area contributed by atoms with E-state index in [0.717, 1.165) is 6.07 Å². The Labute approximate surface area is 98.6 Å². The van der Waals surface area contributed by atoms with Crippen molar-refractivity contribution in [3.63, 3.8) is 0 Å². The number of benzene rings is 1. The molecule has 1 rings (SSSR count). The standard InChI is InChI=1S/C9H5Cl2F3O2/c10-3-7(16)5-1-4(15)2-6(8(5)11)9(12,13)14/h1-2,15H,3H2. The molecule has 0 atom stereocenters. The van der Waals surface area contributed by atoms with E-state index in [2.05, 4.69) is 0 Å². The minimum Gasteiger partial charge on any atom is -0.508 e. The molecule has 0 spiro atoms. The van der Waals surface area contributed by atoms with Gasteiger partial charge in [-0.25, -0.2) is 0 Å². The Bertz CT molecular complexity index is 429. The number of hydrogen-bond donors (Lipinski definition) is 1. The lowest BCUT2D eigenvalue weighted by atomic mass is 10.1. The van der Waals surface area contributed by atoms with E-state index in [1.807, 2.05) is 0 Å². The van der Waals surface area contributed by atoms with Crippen LogP contribution >= 0.6 is 23.2 Å². The molecule has 1 aromatic carbocycles. The van der Waals surface area contributed by atoms with Crippen LogP contribution in [0.3, 0.4) is 0 Å². The van der Waals surface area contributed by atoms with E-state index in [0.29, 0.717) is 6.07 Å². The van der Waals surface area contributed by atoms with Crippen molar-refractivity contribution in [1.29, 1.82) is 0 Å². The summed E-state index contributed by atoms with van der Waals surface area (Å²) in [6.45, 7) is 0. The van der Waals surface area contributed by atoms with Gasteiger partial charge in [-0.15, -0.1) is 11.6 Å². The van der Waals surface area contributed by atoms with Gasteiger partial charge in [0.1, 0.15) is 5.75 Å². The lowest BCUT2D eigenvalue weighted by Crippen LogP contribution is -2.10. The maximum Gasteiger partial charge on any atom is 0.418 e. The highest BCUT2D eigenvalue weighted by molar-refractivity contribution is 6.38. The molecule has 0 amide bonds. The Kier molecular flexibility index (Phi) is 3.70. The normalized spacial score (nSPS) is 11.6. The van der Waals surface area contributed by atoms with Crippen molar-refractivity contribution in [3.05, 3.63) is 28.3 Å². The van der Waals surface area contributed by atoms with Gasteiger partial charge in [0.25, 0.3) is 0 Å². The van der Waals surface area contributed by atoms with Gasteiger partial charge in [-0.05, 0) is 12.1 Å². The number of ketones is 1. The van der Waals surface area contributed by atoms with Crippen molar-refractivity contribution in [3.8, 4) is 5.75 Å². The third-order valence-electron chi connectivity index (χ3n) is 1.78. The summed E-state index contributed by atoms with van der Waals surface area (Å²) in [5, 5.41) is 8.32. The number of halogens is 5. The van der Waals surface area contributed by atoms with Gasteiger partial charge < -0.3 is 5.11 Å². The molecular weight excluding hydrogens is 268 g/mol. The Morgan fingerprint density at radius 1 is 1.38 bits per heavy atom. The van der Waals surface area contributed by atoms with Gasteiger partial charge in [0, 0.05) is 5.56 Å². The SMILES string of the molecule is O=C(CCl)c1cc(O)cc(C(F)(F)F)c1Cl. The van der Waals surface area contributed by atoms with Gasteiger partial charge >= 0.3 is 6.18 Å². The second-order valence-electron chi connectivity index (χ2n) is 2.91. The van der Waals surface area contributed by atoms with Crippen molar-refractivity contribution in [2.24, 2.45) is 0 Å². The zero-order valence-corrected chi connectivity index (χ0v) is 9.12. The molecule has 2 nitrogen and oxygen atoms in total. The van der Waals surface area contributed by atoms with Crippen LogP contribution in [0.2, 0.25) is 5.02 Å². The van der Waals surface area contributed by atoms with Crippen LogP contribution in [0.4, 0.5) is 13.2 Å². The van der Waals surface area contributed by atoms with Crippen molar-refractivity contribution in [2.75, 3.05) is 5.88 Å². The van der Waals surface area contributed by atoms with Crippen LogP contribution in [0.1, 0.15) is 15.9 Å². The van der Waals surface area contributed by atoms with Gasteiger partial charge in [-0.2, -0.15) is 13.2 Å². The molecule has 0 saturated carbocycles. The van der Waals surface area contributed by atoms with Crippen LogP contribution in [-0.4, -0.2) is 16.8 Å². The molecule has 0 aromatic heterocycles. The van der Waals surface area contributed by atoms with Crippen molar-refractivity contribution >= 4 is 29.0 Å². The number of alkyl halides is 4. The summed E-state index contributed by atoms with van der Waals surface area (Å²) in [4.78, 5) is 11.2. The molecular formula is C9H5Cl2F3O2. The number of Topliss-reactive ketones (excluding diaryl/α,β-unsaturated/α-hetero) is 1. The van der Waals surface area contributed by atoms with E-state index in [-0.39, 0.29) is 0 Å². The molecule has 16 heavy (non-hydrogen) atoms. The smallest absolute Gasteiger partial charge is 0.418 e. The predicted molar refractivity (Wildman–Crippen MR) is 53.2 cm³/mol.